The Hall–Kier alpha value is -1.35. The van der Waals surface area contributed by atoms with Crippen molar-refractivity contribution in [1.82, 2.24) is 10.2 Å². The van der Waals surface area contributed by atoms with E-state index in [4.69, 9.17) is 0 Å². The first-order chi connectivity index (χ1) is 9.11. The molecule has 0 bridgehead atoms. The van der Waals surface area contributed by atoms with Crippen molar-refractivity contribution >= 4 is 5.91 Å². The van der Waals surface area contributed by atoms with Crippen LogP contribution in [-0.2, 0) is 11.2 Å². The van der Waals surface area contributed by atoms with E-state index in [0.29, 0.717) is 12.5 Å². The van der Waals surface area contributed by atoms with Gasteiger partial charge in [-0.25, -0.2) is 0 Å². The molecule has 0 unspecified atom stereocenters. The summed E-state index contributed by atoms with van der Waals surface area (Å²) in [7, 11) is 0. The van der Waals surface area contributed by atoms with Crippen LogP contribution >= 0.6 is 0 Å². The number of amides is 1. The maximum Gasteiger partial charge on any atom is 0.227 e. The third-order valence-corrected chi connectivity index (χ3v) is 3.83. The number of carbonyl (C=O) groups is 1. The number of aryl methyl sites for hydroxylation is 2. The van der Waals surface area contributed by atoms with Gasteiger partial charge < -0.3 is 10.2 Å². The summed E-state index contributed by atoms with van der Waals surface area (Å²) in [5.41, 5.74) is 3.60. The molecule has 0 atom stereocenters. The Morgan fingerprint density at radius 2 is 2.11 bits per heavy atom. The van der Waals surface area contributed by atoms with Gasteiger partial charge in [-0.1, -0.05) is 30.7 Å². The van der Waals surface area contributed by atoms with Gasteiger partial charge in [-0.3, -0.25) is 4.79 Å². The highest BCUT2D eigenvalue weighted by Crippen LogP contribution is 2.15. The monoisotopic (exact) mass is 260 g/mol. The predicted molar refractivity (Wildman–Crippen MR) is 78.3 cm³/mol. The van der Waals surface area contributed by atoms with Crippen LogP contribution in [0.5, 0.6) is 0 Å². The van der Waals surface area contributed by atoms with Gasteiger partial charge >= 0.3 is 0 Å². The average molecular weight is 260 g/mol. The molecule has 104 valence electrons. The van der Waals surface area contributed by atoms with Gasteiger partial charge in [0.2, 0.25) is 5.91 Å². The fourth-order valence-corrected chi connectivity index (χ4v) is 2.50. The third-order valence-electron chi connectivity index (χ3n) is 3.83. The van der Waals surface area contributed by atoms with Crippen molar-refractivity contribution in [3.8, 4) is 0 Å². The quantitative estimate of drug-likeness (QED) is 0.879. The molecule has 1 fully saturated rings. The van der Waals surface area contributed by atoms with Crippen LogP contribution in [0.1, 0.15) is 30.0 Å². The van der Waals surface area contributed by atoms with E-state index in [9.17, 15) is 4.79 Å². The fraction of sp³-hybridized carbons (Fsp3) is 0.562. The molecule has 0 radical (unpaired) electrons. The summed E-state index contributed by atoms with van der Waals surface area (Å²) in [6.45, 7) is 9.04. The zero-order chi connectivity index (χ0) is 13.8. The maximum absolute atomic E-state index is 12.5. The van der Waals surface area contributed by atoms with E-state index in [0.717, 1.165) is 26.1 Å². The molecule has 3 heteroatoms. The fourth-order valence-electron chi connectivity index (χ4n) is 2.50. The van der Waals surface area contributed by atoms with Gasteiger partial charge in [-0.15, -0.1) is 0 Å². The number of benzene rings is 1. The summed E-state index contributed by atoms with van der Waals surface area (Å²) in [6, 6.07) is 6.74. The molecule has 1 heterocycles. The minimum atomic E-state index is 0.266. The summed E-state index contributed by atoms with van der Waals surface area (Å²) in [4.78, 5) is 14.6. The smallest absolute Gasteiger partial charge is 0.227 e. The number of hydrogen-bond donors (Lipinski definition) is 1. The standard InChI is InChI=1S/C16H24N2O/c1-4-7-18(15-10-17-11-15)16(19)9-14-8-12(2)5-6-13(14)3/h5-6,8,15,17H,4,7,9-11H2,1-3H3. The number of nitrogens with zero attached hydrogens (tertiary/aromatic N) is 1. The lowest BCUT2D eigenvalue weighted by molar-refractivity contribution is -0.133. The largest absolute Gasteiger partial charge is 0.337 e. The predicted octanol–water partition coefficient (Wildman–Crippen LogP) is 2.06. The topological polar surface area (TPSA) is 32.3 Å². The first-order valence-corrected chi connectivity index (χ1v) is 7.18. The molecule has 1 aliphatic heterocycles. The molecule has 0 aromatic heterocycles. The molecule has 2 rings (SSSR count). The molecular weight excluding hydrogens is 236 g/mol. The molecular formula is C16H24N2O. The Morgan fingerprint density at radius 3 is 2.68 bits per heavy atom. The van der Waals surface area contributed by atoms with Gasteiger partial charge in [0.25, 0.3) is 0 Å². The maximum atomic E-state index is 12.5. The van der Waals surface area contributed by atoms with Crippen molar-refractivity contribution in [3.05, 3.63) is 34.9 Å². The van der Waals surface area contributed by atoms with Crippen LogP contribution in [0.15, 0.2) is 18.2 Å². The molecule has 1 aromatic rings. The summed E-state index contributed by atoms with van der Waals surface area (Å²) < 4.78 is 0. The van der Waals surface area contributed by atoms with Crippen molar-refractivity contribution in [1.29, 1.82) is 0 Å². The molecule has 0 spiro atoms. The summed E-state index contributed by atoms with van der Waals surface area (Å²) in [5, 5.41) is 3.25. The van der Waals surface area contributed by atoms with E-state index in [2.05, 4.69) is 49.2 Å². The first-order valence-electron chi connectivity index (χ1n) is 7.18. The Morgan fingerprint density at radius 1 is 1.37 bits per heavy atom. The first kappa shape index (κ1) is 14.1. The second kappa shape index (κ2) is 6.20. The summed E-state index contributed by atoms with van der Waals surface area (Å²) >= 11 is 0. The molecule has 1 saturated heterocycles. The van der Waals surface area contributed by atoms with Gasteiger partial charge in [0, 0.05) is 19.6 Å². The van der Waals surface area contributed by atoms with E-state index in [1.807, 2.05) is 0 Å². The van der Waals surface area contributed by atoms with E-state index < -0.39 is 0 Å². The van der Waals surface area contributed by atoms with E-state index in [1.54, 1.807) is 0 Å². The van der Waals surface area contributed by atoms with Crippen LogP contribution in [0.25, 0.3) is 0 Å². The van der Waals surface area contributed by atoms with E-state index in [-0.39, 0.29) is 5.91 Å². The van der Waals surface area contributed by atoms with Crippen LogP contribution in [0.4, 0.5) is 0 Å². The molecule has 0 aliphatic carbocycles. The SMILES string of the molecule is CCCN(C(=O)Cc1cc(C)ccc1C)C1CNC1. The van der Waals surface area contributed by atoms with Crippen LogP contribution in [0, 0.1) is 13.8 Å². The number of nitrogens with one attached hydrogen (secondary N) is 1. The van der Waals surface area contributed by atoms with E-state index >= 15 is 0 Å². The van der Waals surface area contributed by atoms with Crippen LogP contribution in [0.3, 0.4) is 0 Å². The summed E-state index contributed by atoms with van der Waals surface area (Å²) in [5.74, 6) is 0.266. The van der Waals surface area contributed by atoms with E-state index in [1.165, 1.54) is 16.7 Å². The summed E-state index contributed by atoms with van der Waals surface area (Å²) in [6.07, 6.45) is 1.55. The zero-order valence-electron chi connectivity index (χ0n) is 12.2. The molecule has 1 N–H and O–H groups in total. The number of rotatable bonds is 5. The highest BCUT2D eigenvalue weighted by Gasteiger charge is 2.27. The van der Waals surface area contributed by atoms with Crippen LogP contribution in [0.2, 0.25) is 0 Å². The highest BCUT2D eigenvalue weighted by molar-refractivity contribution is 5.79. The van der Waals surface area contributed by atoms with Crippen molar-refractivity contribution in [2.45, 2.75) is 39.7 Å². The highest BCUT2D eigenvalue weighted by atomic mass is 16.2. The van der Waals surface area contributed by atoms with Crippen molar-refractivity contribution < 1.29 is 4.79 Å². The van der Waals surface area contributed by atoms with Crippen LogP contribution in [-0.4, -0.2) is 36.5 Å². The van der Waals surface area contributed by atoms with Gasteiger partial charge in [-0.05, 0) is 31.4 Å². The minimum Gasteiger partial charge on any atom is -0.337 e. The van der Waals surface area contributed by atoms with Crippen molar-refractivity contribution in [3.63, 3.8) is 0 Å². The second-order valence-corrected chi connectivity index (χ2v) is 5.51. The molecule has 19 heavy (non-hydrogen) atoms. The lowest BCUT2D eigenvalue weighted by Crippen LogP contribution is -2.59. The Kier molecular flexibility index (Phi) is 4.59. The van der Waals surface area contributed by atoms with Gasteiger partial charge in [0.1, 0.15) is 0 Å². The zero-order valence-corrected chi connectivity index (χ0v) is 12.2. The van der Waals surface area contributed by atoms with Crippen molar-refractivity contribution in [2.24, 2.45) is 0 Å². The normalized spacial score (nSPS) is 15.1. The van der Waals surface area contributed by atoms with Crippen molar-refractivity contribution in [2.75, 3.05) is 19.6 Å². The minimum absolute atomic E-state index is 0.266. The molecule has 0 saturated carbocycles. The Bertz CT molecular complexity index is 452. The second-order valence-electron chi connectivity index (χ2n) is 5.51. The Balaban J connectivity index is 2.07. The average Bonchev–Trinajstić information content (AvgIpc) is 2.31. The third kappa shape index (κ3) is 3.35. The lowest BCUT2D eigenvalue weighted by atomic mass is 10.0. The lowest BCUT2D eigenvalue weighted by Gasteiger charge is -2.38. The molecule has 1 aromatic carbocycles. The van der Waals surface area contributed by atoms with Gasteiger partial charge in [0.05, 0.1) is 12.5 Å². The van der Waals surface area contributed by atoms with Gasteiger partial charge in [0.15, 0.2) is 0 Å². The molecule has 3 nitrogen and oxygen atoms in total. The number of carbonyl (C=O) groups excluding carboxylic acids is 1. The van der Waals surface area contributed by atoms with Gasteiger partial charge in [-0.2, -0.15) is 0 Å². The van der Waals surface area contributed by atoms with Crippen LogP contribution < -0.4 is 5.32 Å². The molecule has 1 aliphatic rings. The Labute approximate surface area is 116 Å². The molecule has 1 amide bonds. The number of hydrogen-bond acceptors (Lipinski definition) is 2.